The van der Waals surface area contributed by atoms with Gasteiger partial charge in [-0.05, 0) is 62.8 Å². The molecule has 0 bridgehead atoms. The molecule has 0 saturated carbocycles. The van der Waals surface area contributed by atoms with Crippen LogP contribution >= 0.6 is 11.8 Å². The van der Waals surface area contributed by atoms with E-state index < -0.39 is 23.2 Å². The number of phenolic OH excluding ortho intramolecular Hbond substituents is 1. The zero-order valence-electron chi connectivity index (χ0n) is 23.8. The minimum atomic E-state index is -1.13. The lowest BCUT2D eigenvalue weighted by Crippen LogP contribution is -2.55. The second-order valence-electron chi connectivity index (χ2n) is 11.0. The summed E-state index contributed by atoms with van der Waals surface area (Å²) < 4.78 is 6.11. The number of phenols is 1. The number of thioether (sulfide) groups is 1. The van der Waals surface area contributed by atoms with E-state index in [4.69, 9.17) is 9.84 Å². The van der Waals surface area contributed by atoms with Gasteiger partial charge >= 0.3 is 0 Å². The molecule has 1 saturated heterocycles. The van der Waals surface area contributed by atoms with E-state index in [9.17, 15) is 30.0 Å². The lowest BCUT2D eigenvalue weighted by Gasteiger charge is -2.36. The van der Waals surface area contributed by atoms with Crippen LogP contribution in [0.15, 0.2) is 36.4 Å². The van der Waals surface area contributed by atoms with E-state index in [0.717, 1.165) is 22.3 Å². The standard InChI is InChI=1S/C30H42N2O8S/c1-18-13-21(35)15-25(40-28-27(38)24(36)16-22(17-34)41-28)23(18)14-20-9-7-19(8-10-20)5-4-6-26(37)32-30(2,3)29(39)31-11-12-33/h7-10,13,15,22,24,27-28,33-36,38H,4-6,11-12,14,16-17H2,1-3H3,(H,31,39)(H,32,37)/t22-,24-,27+,28?/m0/s1. The van der Waals surface area contributed by atoms with E-state index in [0.29, 0.717) is 25.0 Å². The molecule has 1 fully saturated rings. The van der Waals surface area contributed by atoms with Crippen molar-refractivity contribution in [2.75, 3.05) is 19.8 Å². The number of carbonyl (C=O) groups is 2. The highest BCUT2D eigenvalue weighted by Crippen LogP contribution is 2.37. The van der Waals surface area contributed by atoms with Crippen LogP contribution in [0.2, 0.25) is 0 Å². The Hall–Kier alpha value is -2.83. The molecule has 0 aromatic heterocycles. The Morgan fingerprint density at radius 2 is 1.78 bits per heavy atom. The molecule has 11 heteroatoms. The number of aliphatic hydroxyl groups is 4. The minimum Gasteiger partial charge on any atom is -0.508 e. The van der Waals surface area contributed by atoms with Crippen molar-refractivity contribution >= 4 is 23.6 Å². The number of aromatic hydroxyl groups is 1. The number of carbonyl (C=O) groups excluding carboxylic acids is 2. The van der Waals surface area contributed by atoms with Crippen LogP contribution in [0.25, 0.3) is 0 Å². The first-order valence-corrected chi connectivity index (χ1v) is 14.8. The molecule has 0 radical (unpaired) electrons. The Labute approximate surface area is 245 Å². The molecule has 3 rings (SSSR count). The molecule has 2 aromatic rings. The highest BCUT2D eigenvalue weighted by molar-refractivity contribution is 8.00. The largest absolute Gasteiger partial charge is 0.508 e. The predicted octanol–water partition coefficient (Wildman–Crippen LogP) is 1.54. The summed E-state index contributed by atoms with van der Waals surface area (Å²) in [5.41, 5.74) is 1.86. The van der Waals surface area contributed by atoms with Gasteiger partial charge in [0, 0.05) is 36.3 Å². The third-order valence-electron chi connectivity index (χ3n) is 7.06. The predicted molar refractivity (Wildman–Crippen MR) is 157 cm³/mol. The fourth-order valence-electron chi connectivity index (χ4n) is 4.69. The number of rotatable bonds is 13. The molecule has 0 spiro atoms. The molecule has 0 aliphatic carbocycles. The fraction of sp³-hybridized carbons (Fsp3) is 0.533. The number of hydrogen-bond acceptors (Lipinski definition) is 9. The quantitative estimate of drug-likeness (QED) is 0.183. The van der Waals surface area contributed by atoms with Gasteiger partial charge < -0.3 is 40.9 Å². The van der Waals surface area contributed by atoms with Crippen LogP contribution < -0.4 is 15.4 Å². The van der Waals surface area contributed by atoms with Gasteiger partial charge in [0.25, 0.3) is 0 Å². The van der Waals surface area contributed by atoms with Crippen LogP contribution in [0.5, 0.6) is 11.5 Å². The summed E-state index contributed by atoms with van der Waals surface area (Å²) in [5.74, 6) is -0.133. The first-order chi connectivity index (χ1) is 19.4. The molecule has 2 aromatic carbocycles. The lowest BCUT2D eigenvalue weighted by atomic mass is 9.97. The summed E-state index contributed by atoms with van der Waals surface area (Å²) in [5, 5.41) is 54.4. The van der Waals surface area contributed by atoms with Crippen molar-refractivity contribution < 1.29 is 39.9 Å². The van der Waals surface area contributed by atoms with Crippen molar-refractivity contribution in [2.24, 2.45) is 0 Å². The molecule has 41 heavy (non-hydrogen) atoms. The molecule has 4 atom stereocenters. The van der Waals surface area contributed by atoms with Crippen LogP contribution in [0, 0.1) is 6.92 Å². The van der Waals surface area contributed by atoms with Gasteiger partial charge in [-0.1, -0.05) is 24.3 Å². The normalized spacial score (nSPS) is 20.9. The molecular weight excluding hydrogens is 548 g/mol. The second kappa shape index (κ2) is 14.9. The molecule has 1 aliphatic heterocycles. The third-order valence-corrected chi connectivity index (χ3v) is 8.43. The average molecular weight is 591 g/mol. The molecule has 1 heterocycles. The Morgan fingerprint density at radius 3 is 2.44 bits per heavy atom. The number of nitrogens with one attached hydrogen (secondary N) is 2. The summed E-state index contributed by atoms with van der Waals surface area (Å²) in [6.07, 6.45) is 0.195. The van der Waals surface area contributed by atoms with E-state index >= 15 is 0 Å². The highest BCUT2D eigenvalue weighted by Gasteiger charge is 2.38. The molecule has 2 amide bonds. The Kier molecular flexibility index (Phi) is 11.9. The minimum absolute atomic E-state index is 0.0318. The number of hydrogen-bond donors (Lipinski definition) is 7. The van der Waals surface area contributed by atoms with Gasteiger partial charge in [0.15, 0.2) is 5.44 Å². The number of aryl methyl sites for hydroxylation is 2. The van der Waals surface area contributed by atoms with E-state index in [1.54, 1.807) is 19.9 Å². The maximum Gasteiger partial charge on any atom is 0.245 e. The Morgan fingerprint density at radius 1 is 1.10 bits per heavy atom. The Balaban J connectivity index is 1.59. The Bertz CT molecular complexity index is 1170. The van der Waals surface area contributed by atoms with Crippen molar-refractivity contribution in [2.45, 2.75) is 81.3 Å². The molecule has 226 valence electrons. The summed E-state index contributed by atoms with van der Waals surface area (Å²) in [6, 6.07) is 11.1. The topological polar surface area (TPSA) is 169 Å². The monoisotopic (exact) mass is 590 g/mol. The molecule has 7 N–H and O–H groups in total. The number of benzene rings is 2. The van der Waals surface area contributed by atoms with Crippen LogP contribution in [0.3, 0.4) is 0 Å². The third kappa shape index (κ3) is 9.34. The van der Waals surface area contributed by atoms with E-state index in [2.05, 4.69) is 10.6 Å². The zero-order valence-corrected chi connectivity index (χ0v) is 24.6. The maximum atomic E-state index is 12.4. The van der Waals surface area contributed by atoms with E-state index in [1.165, 1.54) is 17.8 Å². The zero-order chi connectivity index (χ0) is 30.2. The van der Waals surface area contributed by atoms with Gasteiger partial charge in [-0.25, -0.2) is 0 Å². The smallest absolute Gasteiger partial charge is 0.245 e. The molecule has 1 aliphatic rings. The number of amides is 2. The van der Waals surface area contributed by atoms with Gasteiger partial charge in [0.05, 0.1) is 19.3 Å². The van der Waals surface area contributed by atoms with Gasteiger partial charge in [0.2, 0.25) is 11.8 Å². The maximum absolute atomic E-state index is 12.4. The first-order valence-electron chi connectivity index (χ1n) is 13.8. The molecule has 10 nitrogen and oxygen atoms in total. The van der Waals surface area contributed by atoms with Gasteiger partial charge in [-0.2, -0.15) is 0 Å². The van der Waals surface area contributed by atoms with Crippen LogP contribution in [-0.4, -0.2) is 85.5 Å². The van der Waals surface area contributed by atoms with Crippen LogP contribution in [0.4, 0.5) is 0 Å². The van der Waals surface area contributed by atoms with Gasteiger partial charge in [-0.15, -0.1) is 11.8 Å². The van der Waals surface area contributed by atoms with E-state index in [-0.39, 0.29) is 55.4 Å². The number of aliphatic hydroxyl groups excluding tert-OH is 4. The summed E-state index contributed by atoms with van der Waals surface area (Å²) in [4.78, 5) is 24.5. The van der Waals surface area contributed by atoms with Crippen molar-refractivity contribution in [3.05, 3.63) is 58.7 Å². The fourth-order valence-corrected chi connectivity index (χ4v) is 5.97. The van der Waals surface area contributed by atoms with Crippen molar-refractivity contribution in [3.8, 4) is 11.5 Å². The van der Waals surface area contributed by atoms with Crippen molar-refractivity contribution in [3.63, 3.8) is 0 Å². The summed E-state index contributed by atoms with van der Waals surface area (Å²) in [7, 11) is 0. The first kappa shape index (κ1) is 32.7. The van der Waals surface area contributed by atoms with Gasteiger partial charge in [0.1, 0.15) is 23.1 Å². The van der Waals surface area contributed by atoms with E-state index in [1.807, 2.05) is 31.2 Å². The van der Waals surface area contributed by atoms with Gasteiger partial charge in [-0.3, -0.25) is 9.59 Å². The van der Waals surface area contributed by atoms with Crippen molar-refractivity contribution in [1.82, 2.24) is 10.6 Å². The van der Waals surface area contributed by atoms with Crippen LogP contribution in [0.1, 0.15) is 55.4 Å². The average Bonchev–Trinajstić information content (AvgIpc) is 2.92. The molecular formula is C30H42N2O8S. The van der Waals surface area contributed by atoms with Crippen molar-refractivity contribution in [1.29, 1.82) is 0 Å². The second-order valence-corrected chi connectivity index (χ2v) is 12.4. The summed E-state index contributed by atoms with van der Waals surface area (Å²) >= 11 is 1.26. The highest BCUT2D eigenvalue weighted by atomic mass is 32.2. The number of ether oxygens (including phenoxy) is 1. The summed E-state index contributed by atoms with van der Waals surface area (Å²) in [6.45, 7) is 4.93. The SMILES string of the molecule is Cc1cc(O)cc(OC2S[C@H](CO)C[C@H](O)[C@H]2O)c1Cc1ccc(CCCC(=O)NC(C)(C)C(=O)NCCO)cc1. The van der Waals surface area contributed by atoms with Crippen LogP contribution in [-0.2, 0) is 22.4 Å². The molecule has 1 unspecified atom stereocenters. The lowest BCUT2D eigenvalue weighted by molar-refractivity contribution is -0.132.